The van der Waals surface area contributed by atoms with Gasteiger partial charge in [0.05, 0.1) is 6.54 Å². The highest BCUT2D eigenvalue weighted by Gasteiger charge is 1.97. The zero-order chi connectivity index (χ0) is 14.5. The van der Waals surface area contributed by atoms with Crippen LogP contribution < -0.4 is 5.32 Å². The highest BCUT2D eigenvalue weighted by molar-refractivity contribution is 5.45. The molecule has 0 bridgehead atoms. The van der Waals surface area contributed by atoms with E-state index in [0.29, 0.717) is 5.75 Å². The lowest BCUT2D eigenvalue weighted by molar-refractivity contribution is 0.475. The second-order valence-corrected chi connectivity index (χ2v) is 4.92. The number of aromatic hydroxyl groups is 1. The Kier molecular flexibility index (Phi) is 3.87. The minimum Gasteiger partial charge on any atom is -0.508 e. The molecule has 0 radical (unpaired) electrons. The Morgan fingerprint density at radius 1 is 0.952 bits per heavy atom. The van der Waals surface area contributed by atoms with Crippen LogP contribution in [0.25, 0.3) is 0 Å². The summed E-state index contributed by atoms with van der Waals surface area (Å²) in [5, 5.41) is 16.8. The highest BCUT2D eigenvalue weighted by Crippen LogP contribution is 2.14. The average molecular weight is 279 g/mol. The average Bonchev–Trinajstić information content (AvgIpc) is 3.01. The number of phenolic OH excluding ortho intramolecular Hbond substituents is 1. The van der Waals surface area contributed by atoms with Crippen molar-refractivity contribution in [1.29, 1.82) is 0 Å². The third-order valence-electron chi connectivity index (χ3n) is 3.29. The smallest absolute Gasteiger partial charge is 0.115 e. The molecule has 0 saturated heterocycles. The van der Waals surface area contributed by atoms with Gasteiger partial charge in [0.1, 0.15) is 5.75 Å². The van der Waals surface area contributed by atoms with Crippen molar-refractivity contribution in [2.24, 2.45) is 0 Å². The molecule has 0 fully saturated rings. The summed E-state index contributed by atoms with van der Waals surface area (Å²) in [7, 11) is 0. The zero-order valence-electron chi connectivity index (χ0n) is 11.6. The minimum absolute atomic E-state index is 0.293. The first-order chi connectivity index (χ1) is 10.3. The summed E-state index contributed by atoms with van der Waals surface area (Å²) in [6.07, 6.45) is 3.74. The van der Waals surface area contributed by atoms with Crippen molar-refractivity contribution in [2.45, 2.75) is 13.1 Å². The third-order valence-corrected chi connectivity index (χ3v) is 3.29. The molecular formula is C17H17N3O. The van der Waals surface area contributed by atoms with E-state index in [4.69, 9.17) is 0 Å². The molecule has 1 heterocycles. The van der Waals surface area contributed by atoms with E-state index >= 15 is 0 Å². The lowest BCUT2D eigenvalue weighted by atomic mass is 10.2. The molecule has 0 aliphatic rings. The highest BCUT2D eigenvalue weighted by atomic mass is 16.3. The number of hydrogen-bond acceptors (Lipinski definition) is 3. The lowest BCUT2D eigenvalue weighted by Gasteiger charge is -2.08. The number of aromatic nitrogens is 2. The molecule has 0 aliphatic heterocycles. The van der Waals surface area contributed by atoms with E-state index in [9.17, 15) is 5.11 Å². The first-order valence-electron chi connectivity index (χ1n) is 6.88. The molecule has 1 aromatic heterocycles. The van der Waals surface area contributed by atoms with Crippen LogP contribution in [0.1, 0.15) is 11.1 Å². The second-order valence-electron chi connectivity index (χ2n) is 4.92. The molecule has 106 valence electrons. The molecular weight excluding hydrogens is 262 g/mol. The van der Waals surface area contributed by atoms with Crippen LogP contribution in [0.4, 0.5) is 5.69 Å². The van der Waals surface area contributed by atoms with Crippen molar-refractivity contribution in [2.75, 3.05) is 5.32 Å². The Morgan fingerprint density at radius 2 is 1.67 bits per heavy atom. The van der Waals surface area contributed by atoms with E-state index in [-0.39, 0.29) is 0 Å². The number of anilines is 1. The Balaban J connectivity index is 1.58. The molecule has 21 heavy (non-hydrogen) atoms. The largest absolute Gasteiger partial charge is 0.508 e. The van der Waals surface area contributed by atoms with E-state index in [1.54, 1.807) is 18.3 Å². The number of nitrogens with zero attached hydrogens (tertiary/aromatic N) is 2. The number of benzene rings is 2. The van der Waals surface area contributed by atoms with Gasteiger partial charge in [-0.1, -0.05) is 24.3 Å². The van der Waals surface area contributed by atoms with Gasteiger partial charge in [-0.05, 0) is 41.5 Å². The van der Waals surface area contributed by atoms with Crippen LogP contribution in [0, 0.1) is 0 Å². The van der Waals surface area contributed by atoms with Gasteiger partial charge in [0.2, 0.25) is 0 Å². The number of nitrogens with one attached hydrogen (secondary N) is 1. The molecule has 3 aromatic rings. The molecule has 0 saturated carbocycles. The van der Waals surface area contributed by atoms with E-state index in [1.165, 1.54) is 5.56 Å². The fourth-order valence-electron chi connectivity index (χ4n) is 2.13. The first kappa shape index (κ1) is 13.2. The van der Waals surface area contributed by atoms with Crippen LogP contribution in [-0.4, -0.2) is 14.9 Å². The van der Waals surface area contributed by atoms with E-state index < -0.39 is 0 Å². The third kappa shape index (κ3) is 3.63. The molecule has 0 atom stereocenters. The van der Waals surface area contributed by atoms with Gasteiger partial charge in [-0.3, -0.25) is 4.68 Å². The van der Waals surface area contributed by atoms with Crippen molar-refractivity contribution in [3.8, 4) is 5.75 Å². The zero-order valence-corrected chi connectivity index (χ0v) is 11.6. The molecule has 4 heteroatoms. The van der Waals surface area contributed by atoms with Gasteiger partial charge >= 0.3 is 0 Å². The summed E-state index contributed by atoms with van der Waals surface area (Å²) in [4.78, 5) is 0. The van der Waals surface area contributed by atoms with Gasteiger partial charge in [0.15, 0.2) is 0 Å². The Bertz CT molecular complexity index is 673. The van der Waals surface area contributed by atoms with Crippen molar-refractivity contribution in [3.05, 3.63) is 78.1 Å². The first-order valence-corrected chi connectivity index (χ1v) is 6.88. The standard InChI is InChI=1S/C17H17N3O/c21-17-8-4-14(5-9-17)12-18-16-6-2-15(3-7-16)13-20-11-1-10-19-20/h1-11,18,21H,12-13H2. The van der Waals surface area contributed by atoms with Crippen molar-refractivity contribution in [1.82, 2.24) is 9.78 Å². The van der Waals surface area contributed by atoms with Crippen LogP contribution in [0.3, 0.4) is 0 Å². The van der Waals surface area contributed by atoms with E-state index in [1.807, 2.05) is 29.1 Å². The van der Waals surface area contributed by atoms with Gasteiger partial charge in [-0.15, -0.1) is 0 Å². The number of rotatable bonds is 5. The normalized spacial score (nSPS) is 10.5. The molecule has 0 aliphatic carbocycles. The maximum absolute atomic E-state index is 9.25. The Labute approximate surface area is 123 Å². The predicted molar refractivity (Wildman–Crippen MR) is 83.2 cm³/mol. The number of phenols is 1. The summed E-state index contributed by atoms with van der Waals surface area (Å²) >= 11 is 0. The van der Waals surface area contributed by atoms with Crippen LogP contribution in [0.15, 0.2) is 67.0 Å². The molecule has 2 N–H and O–H groups in total. The molecule has 3 rings (SSSR count). The molecule has 0 spiro atoms. The van der Waals surface area contributed by atoms with E-state index in [2.05, 4.69) is 34.7 Å². The summed E-state index contributed by atoms with van der Waals surface area (Å²) < 4.78 is 1.90. The topological polar surface area (TPSA) is 50.1 Å². The lowest BCUT2D eigenvalue weighted by Crippen LogP contribution is -2.01. The summed E-state index contributed by atoms with van der Waals surface area (Å²) in [6, 6.07) is 17.5. The van der Waals surface area contributed by atoms with Gasteiger partial charge in [0, 0.05) is 24.6 Å². The predicted octanol–water partition coefficient (Wildman–Crippen LogP) is 3.25. The van der Waals surface area contributed by atoms with Crippen LogP contribution in [0.2, 0.25) is 0 Å². The summed E-state index contributed by atoms with van der Waals surface area (Å²) in [5.74, 6) is 0.293. The van der Waals surface area contributed by atoms with Gasteiger partial charge < -0.3 is 10.4 Å². The monoisotopic (exact) mass is 279 g/mol. The van der Waals surface area contributed by atoms with Gasteiger partial charge in [-0.25, -0.2) is 0 Å². The van der Waals surface area contributed by atoms with Gasteiger partial charge in [-0.2, -0.15) is 5.10 Å². The van der Waals surface area contributed by atoms with Crippen LogP contribution >= 0.6 is 0 Å². The molecule has 2 aromatic carbocycles. The van der Waals surface area contributed by atoms with Crippen LogP contribution in [0.5, 0.6) is 5.75 Å². The van der Waals surface area contributed by atoms with Crippen molar-refractivity contribution in [3.63, 3.8) is 0 Å². The maximum Gasteiger partial charge on any atom is 0.115 e. The van der Waals surface area contributed by atoms with Crippen molar-refractivity contribution < 1.29 is 5.11 Å². The fraction of sp³-hybridized carbons (Fsp3) is 0.118. The molecule has 0 amide bonds. The Morgan fingerprint density at radius 3 is 2.33 bits per heavy atom. The number of hydrogen-bond donors (Lipinski definition) is 2. The minimum atomic E-state index is 0.293. The SMILES string of the molecule is Oc1ccc(CNc2ccc(Cn3cccn3)cc2)cc1. The van der Waals surface area contributed by atoms with Crippen LogP contribution in [-0.2, 0) is 13.1 Å². The Hall–Kier alpha value is -2.75. The molecule has 0 unspecified atom stereocenters. The fourth-order valence-corrected chi connectivity index (χ4v) is 2.13. The molecule has 4 nitrogen and oxygen atoms in total. The second kappa shape index (κ2) is 6.13. The maximum atomic E-state index is 9.25. The summed E-state index contributed by atoms with van der Waals surface area (Å²) in [6.45, 7) is 1.52. The van der Waals surface area contributed by atoms with E-state index in [0.717, 1.165) is 24.3 Å². The van der Waals surface area contributed by atoms with Crippen molar-refractivity contribution >= 4 is 5.69 Å². The summed E-state index contributed by atoms with van der Waals surface area (Å²) in [5.41, 5.74) is 3.43. The van der Waals surface area contributed by atoms with Gasteiger partial charge in [0.25, 0.3) is 0 Å². The quantitative estimate of drug-likeness (QED) is 0.753.